The van der Waals surface area contributed by atoms with Crippen LogP contribution in [0.4, 0.5) is 15.0 Å². The molecule has 2 atom stereocenters. The number of anilines is 1. The van der Waals surface area contributed by atoms with E-state index in [0.717, 1.165) is 25.7 Å². The Morgan fingerprint density at radius 3 is 2.61 bits per heavy atom. The molecule has 12 nitrogen and oxygen atoms in total. The Hall–Kier alpha value is -4.26. The Balaban J connectivity index is 1.35. The monoisotopic (exact) mass is 583 g/mol. The van der Waals surface area contributed by atoms with E-state index in [2.05, 4.69) is 30.2 Å². The van der Waals surface area contributed by atoms with Crippen LogP contribution in [-0.2, 0) is 19.0 Å². The molecule has 3 fully saturated rings. The van der Waals surface area contributed by atoms with E-state index in [1.165, 1.54) is 6.20 Å². The average Bonchev–Trinajstić information content (AvgIpc) is 3.65. The van der Waals surface area contributed by atoms with Crippen molar-refractivity contribution in [2.45, 2.75) is 38.6 Å². The molecule has 0 aliphatic heterocycles. The number of fused-ring (bicyclic) bond motifs is 4. The number of esters is 1. The van der Waals surface area contributed by atoms with Crippen LogP contribution in [0.2, 0.25) is 5.15 Å². The van der Waals surface area contributed by atoms with E-state index in [1.807, 2.05) is 0 Å². The Morgan fingerprint density at radius 1 is 1.10 bits per heavy atom. The Labute approximate surface area is 238 Å². The highest BCUT2D eigenvalue weighted by Gasteiger charge is 2.48. The number of rotatable bonds is 8. The van der Waals surface area contributed by atoms with E-state index in [-0.39, 0.29) is 41.1 Å². The van der Waals surface area contributed by atoms with Gasteiger partial charge < -0.3 is 29.1 Å². The quantitative estimate of drug-likeness (QED) is 0.217. The first-order valence-corrected chi connectivity index (χ1v) is 13.7. The zero-order valence-corrected chi connectivity index (χ0v) is 22.8. The van der Waals surface area contributed by atoms with Crippen molar-refractivity contribution >= 4 is 40.7 Å². The first-order chi connectivity index (χ1) is 19.9. The van der Waals surface area contributed by atoms with Gasteiger partial charge in [-0.05, 0) is 56.6 Å². The maximum absolute atomic E-state index is 16.1. The van der Waals surface area contributed by atoms with Crippen LogP contribution in [0.3, 0.4) is 0 Å². The first kappa shape index (κ1) is 26.9. The van der Waals surface area contributed by atoms with E-state index in [4.69, 9.17) is 25.8 Å². The van der Waals surface area contributed by atoms with Crippen molar-refractivity contribution in [3.63, 3.8) is 0 Å². The summed E-state index contributed by atoms with van der Waals surface area (Å²) in [6, 6.07) is 3.07. The summed E-state index contributed by atoms with van der Waals surface area (Å²) in [5.41, 5.74) is 1.41. The molecule has 14 heteroatoms. The second-order valence-electron chi connectivity index (χ2n) is 10.00. The molecule has 1 unspecified atom stereocenters. The van der Waals surface area contributed by atoms with Gasteiger partial charge in [-0.2, -0.15) is 4.39 Å². The molecule has 3 aliphatic rings. The van der Waals surface area contributed by atoms with Crippen molar-refractivity contribution in [2.75, 3.05) is 18.7 Å². The second kappa shape index (κ2) is 11.3. The van der Waals surface area contributed by atoms with Crippen LogP contribution in [0.5, 0.6) is 0 Å². The van der Waals surface area contributed by atoms with E-state index < -0.39 is 36.7 Å². The van der Waals surface area contributed by atoms with Gasteiger partial charge in [0.05, 0.1) is 24.3 Å². The normalized spacial score (nSPS) is 21.5. The third-order valence-corrected chi connectivity index (χ3v) is 7.89. The van der Waals surface area contributed by atoms with Crippen molar-refractivity contribution in [3.05, 3.63) is 47.9 Å². The lowest BCUT2D eigenvalue weighted by Gasteiger charge is -2.47. The molecule has 4 heterocycles. The zero-order chi connectivity index (χ0) is 28.5. The van der Waals surface area contributed by atoms with Crippen LogP contribution < -0.4 is 5.32 Å². The number of H-pyrrole nitrogens is 1. The fourth-order valence-corrected chi connectivity index (χ4v) is 6.02. The van der Waals surface area contributed by atoms with Gasteiger partial charge in [-0.1, -0.05) is 11.6 Å². The Morgan fingerprint density at radius 2 is 1.85 bits per heavy atom. The summed E-state index contributed by atoms with van der Waals surface area (Å²) in [5, 5.41) is 3.44. The number of nitrogens with one attached hydrogen (secondary N) is 2. The topological polar surface area (TPSA) is 146 Å². The van der Waals surface area contributed by atoms with Gasteiger partial charge in [0.25, 0.3) is 0 Å². The van der Waals surface area contributed by atoms with Gasteiger partial charge in [-0.3, -0.25) is 4.79 Å². The molecule has 0 amide bonds. The zero-order valence-electron chi connectivity index (χ0n) is 22.0. The summed E-state index contributed by atoms with van der Waals surface area (Å²) < 4.78 is 32.5. The van der Waals surface area contributed by atoms with Gasteiger partial charge in [0.2, 0.25) is 12.6 Å². The molecule has 2 N–H and O–H groups in total. The van der Waals surface area contributed by atoms with Gasteiger partial charge in [0.1, 0.15) is 10.7 Å². The molecule has 4 aromatic heterocycles. The number of hydrogen-bond acceptors (Lipinski definition) is 10. The smallest absolute Gasteiger partial charge is 0.435 e. The highest BCUT2D eigenvalue weighted by Crippen LogP contribution is 2.47. The third kappa shape index (κ3) is 5.29. The third-order valence-electron chi connectivity index (χ3n) is 7.71. The van der Waals surface area contributed by atoms with E-state index in [9.17, 15) is 9.59 Å². The molecule has 214 valence electrons. The van der Waals surface area contributed by atoms with Crippen LogP contribution in [-0.4, -0.2) is 61.1 Å². The molecular weight excluding hydrogens is 557 g/mol. The summed E-state index contributed by atoms with van der Waals surface area (Å²) in [7, 11) is 0. The van der Waals surface area contributed by atoms with Crippen LogP contribution >= 0.6 is 11.6 Å². The predicted octanol–water partition coefficient (Wildman–Crippen LogP) is 4.89. The second-order valence-corrected chi connectivity index (χ2v) is 10.4. The summed E-state index contributed by atoms with van der Waals surface area (Å²) in [5.74, 6) is -1.49. The molecule has 0 radical (unpaired) electrons. The van der Waals surface area contributed by atoms with Gasteiger partial charge in [-0.25, -0.2) is 24.7 Å². The van der Waals surface area contributed by atoms with Crippen molar-refractivity contribution in [3.8, 4) is 17.2 Å². The van der Waals surface area contributed by atoms with Crippen molar-refractivity contribution < 1.29 is 28.2 Å². The van der Waals surface area contributed by atoms with E-state index >= 15 is 4.39 Å². The standard InChI is InChI=1S/C27H27ClFN7O5/c1-2-39-27(38)41-13-40-26(37)18-14-5-7-15(8-6-14)20(18)33-23-19(29)25(36-9-3-4-10-36)35-22(34-23)16-11-30-24-21(16)32-17(28)12-31-24/h3-4,9-12,14-15,18,20H,2,5-8,13H2,1H3,(H,30,31)(H,33,34,35)/t14?,15?,18-,20?/m0/s1. The average molecular weight is 584 g/mol. The first-order valence-electron chi connectivity index (χ1n) is 13.4. The number of carbonyl (C=O) groups excluding carboxylic acids is 2. The SMILES string of the molecule is CCOC(=O)OCOC(=O)[C@H]1C2CCC(CC2)C1Nc1nc(-c2c[nH]c3ncc(Cl)nc23)nc(-n2cccc2)c1F. The predicted molar refractivity (Wildman–Crippen MR) is 145 cm³/mol. The minimum Gasteiger partial charge on any atom is -0.435 e. The molecule has 7 rings (SSSR count). The van der Waals surface area contributed by atoms with Crippen molar-refractivity contribution in [1.82, 2.24) is 29.5 Å². The highest BCUT2D eigenvalue weighted by atomic mass is 35.5. The van der Waals surface area contributed by atoms with Gasteiger partial charge in [0, 0.05) is 24.6 Å². The molecule has 4 aromatic rings. The van der Waals surface area contributed by atoms with Crippen LogP contribution in [0, 0.1) is 23.6 Å². The van der Waals surface area contributed by atoms with Crippen LogP contribution in [0.25, 0.3) is 28.4 Å². The summed E-state index contributed by atoms with van der Waals surface area (Å²) in [6.45, 7) is 1.22. The summed E-state index contributed by atoms with van der Waals surface area (Å²) in [6.07, 6.45) is 8.96. The van der Waals surface area contributed by atoms with Crippen LogP contribution in [0.15, 0.2) is 36.9 Å². The number of aromatic nitrogens is 6. The lowest BCUT2D eigenvalue weighted by atomic mass is 9.61. The molecule has 3 aliphatic carbocycles. The Kier molecular flexibility index (Phi) is 7.43. The van der Waals surface area contributed by atoms with Gasteiger partial charge >= 0.3 is 12.1 Å². The van der Waals surface area contributed by atoms with Crippen molar-refractivity contribution in [2.24, 2.45) is 17.8 Å². The number of nitrogens with zero attached hydrogens (tertiary/aromatic N) is 5. The van der Waals surface area contributed by atoms with E-state index in [1.54, 1.807) is 42.2 Å². The van der Waals surface area contributed by atoms with Gasteiger partial charge in [0.15, 0.2) is 23.1 Å². The largest absolute Gasteiger partial charge is 0.511 e. The molecule has 0 spiro atoms. The molecule has 41 heavy (non-hydrogen) atoms. The molecule has 2 bridgehead atoms. The van der Waals surface area contributed by atoms with E-state index in [0.29, 0.717) is 16.7 Å². The van der Waals surface area contributed by atoms with Crippen molar-refractivity contribution in [1.29, 1.82) is 0 Å². The highest BCUT2D eigenvalue weighted by molar-refractivity contribution is 6.29. The molecular formula is C27H27ClFN7O5. The lowest BCUT2D eigenvalue weighted by Crippen LogP contribution is -2.52. The number of ether oxygens (including phenoxy) is 3. The maximum atomic E-state index is 16.1. The maximum Gasteiger partial charge on any atom is 0.511 e. The Bertz CT molecular complexity index is 1570. The molecule has 0 saturated heterocycles. The van der Waals surface area contributed by atoms with Crippen LogP contribution in [0.1, 0.15) is 32.6 Å². The van der Waals surface area contributed by atoms with Gasteiger partial charge in [-0.15, -0.1) is 0 Å². The fraction of sp³-hybridized carbons (Fsp3) is 0.407. The molecule has 3 saturated carbocycles. The minimum atomic E-state index is -0.920. The fourth-order valence-electron chi connectivity index (χ4n) is 5.88. The number of carbonyl (C=O) groups is 2. The molecule has 0 aromatic carbocycles. The lowest BCUT2D eigenvalue weighted by molar-refractivity contribution is -0.164. The number of halogens is 2. The number of aromatic amines is 1. The number of hydrogen-bond donors (Lipinski definition) is 2. The summed E-state index contributed by atoms with van der Waals surface area (Å²) in [4.78, 5) is 45.5. The minimum absolute atomic E-state index is 0.0229. The summed E-state index contributed by atoms with van der Waals surface area (Å²) >= 11 is 6.10.